The number of nitrogens with one attached hydrogen (secondary N) is 1. The largest absolute Gasteiger partial charge is 0.387 e. The molecular formula is C16H20ClNO. The van der Waals surface area contributed by atoms with Crippen LogP contribution in [0.25, 0.3) is 0 Å². The molecule has 2 aromatic rings. The minimum atomic E-state index is -0.448. The highest BCUT2D eigenvalue weighted by molar-refractivity contribution is 5.85. The minimum absolute atomic E-state index is 0. The van der Waals surface area contributed by atoms with Gasteiger partial charge in [-0.25, -0.2) is 0 Å². The summed E-state index contributed by atoms with van der Waals surface area (Å²) in [6.45, 7) is 3.43. The van der Waals surface area contributed by atoms with Gasteiger partial charge in [-0.1, -0.05) is 60.2 Å². The first-order valence-corrected chi connectivity index (χ1v) is 6.25. The normalized spacial score (nSPS) is 11.7. The van der Waals surface area contributed by atoms with Crippen LogP contribution in [0.4, 0.5) is 0 Å². The monoisotopic (exact) mass is 277 g/mol. The summed E-state index contributed by atoms with van der Waals surface area (Å²) in [5.41, 5.74) is 3.46. The van der Waals surface area contributed by atoms with E-state index >= 15 is 0 Å². The number of benzene rings is 2. The fourth-order valence-corrected chi connectivity index (χ4v) is 1.85. The number of aliphatic hydroxyl groups is 1. The Bertz CT molecular complexity index is 470. The predicted octanol–water partition coefficient (Wildman–Crippen LogP) is 3.24. The Morgan fingerprint density at radius 1 is 1.00 bits per heavy atom. The summed E-state index contributed by atoms with van der Waals surface area (Å²) < 4.78 is 0. The number of hydrogen-bond donors (Lipinski definition) is 2. The molecule has 19 heavy (non-hydrogen) atoms. The van der Waals surface area contributed by atoms with Crippen molar-refractivity contribution in [3.8, 4) is 0 Å². The number of aryl methyl sites for hydroxylation is 1. The molecule has 3 heteroatoms. The van der Waals surface area contributed by atoms with Gasteiger partial charge in [0.05, 0.1) is 6.10 Å². The summed E-state index contributed by atoms with van der Waals surface area (Å²) in [4.78, 5) is 0. The van der Waals surface area contributed by atoms with Crippen LogP contribution < -0.4 is 5.32 Å². The van der Waals surface area contributed by atoms with Gasteiger partial charge in [0.1, 0.15) is 0 Å². The quantitative estimate of drug-likeness (QED) is 0.879. The molecule has 1 atom stereocenters. The molecule has 0 aliphatic heterocycles. The van der Waals surface area contributed by atoms with E-state index < -0.39 is 6.10 Å². The first kappa shape index (κ1) is 15.7. The van der Waals surface area contributed by atoms with Gasteiger partial charge in [-0.15, -0.1) is 12.4 Å². The molecule has 0 heterocycles. The van der Waals surface area contributed by atoms with Crippen molar-refractivity contribution in [2.45, 2.75) is 19.6 Å². The molecule has 0 saturated heterocycles. The summed E-state index contributed by atoms with van der Waals surface area (Å²) in [6, 6.07) is 18.1. The van der Waals surface area contributed by atoms with Gasteiger partial charge in [-0.2, -0.15) is 0 Å². The topological polar surface area (TPSA) is 32.3 Å². The first-order chi connectivity index (χ1) is 8.75. The average molecular weight is 278 g/mol. The van der Waals surface area contributed by atoms with E-state index in [-0.39, 0.29) is 12.4 Å². The summed E-state index contributed by atoms with van der Waals surface area (Å²) in [6.07, 6.45) is -0.448. The molecule has 0 fully saturated rings. The lowest BCUT2D eigenvalue weighted by molar-refractivity contribution is 0.174. The Balaban J connectivity index is 0.00000180. The molecule has 0 spiro atoms. The molecule has 102 valence electrons. The Kier molecular flexibility index (Phi) is 6.57. The Hall–Kier alpha value is -1.35. The van der Waals surface area contributed by atoms with E-state index in [0.717, 1.165) is 12.1 Å². The smallest absolute Gasteiger partial charge is 0.0914 e. The van der Waals surface area contributed by atoms with Crippen LogP contribution in [-0.2, 0) is 6.54 Å². The molecule has 0 amide bonds. The highest BCUT2D eigenvalue weighted by Gasteiger charge is 2.05. The summed E-state index contributed by atoms with van der Waals surface area (Å²) in [5.74, 6) is 0. The maximum absolute atomic E-state index is 9.98. The van der Waals surface area contributed by atoms with Crippen molar-refractivity contribution >= 4 is 12.4 Å². The molecular weight excluding hydrogens is 258 g/mol. The van der Waals surface area contributed by atoms with E-state index in [0.29, 0.717) is 6.54 Å². The molecule has 0 radical (unpaired) electrons. The van der Waals surface area contributed by atoms with Gasteiger partial charge in [0, 0.05) is 13.1 Å². The molecule has 2 rings (SSSR count). The molecule has 2 N–H and O–H groups in total. The number of halogens is 1. The minimum Gasteiger partial charge on any atom is -0.387 e. The molecule has 0 aromatic heterocycles. The summed E-state index contributed by atoms with van der Waals surface area (Å²) >= 11 is 0. The molecule has 1 unspecified atom stereocenters. The van der Waals surface area contributed by atoms with E-state index in [1.165, 1.54) is 11.1 Å². The van der Waals surface area contributed by atoms with Crippen LogP contribution in [0.1, 0.15) is 22.8 Å². The number of rotatable bonds is 5. The molecule has 0 aliphatic carbocycles. The van der Waals surface area contributed by atoms with Crippen LogP contribution in [0, 0.1) is 6.92 Å². The molecule has 0 bridgehead atoms. The molecule has 2 aromatic carbocycles. The van der Waals surface area contributed by atoms with Gasteiger partial charge >= 0.3 is 0 Å². The maximum Gasteiger partial charge on any atom is 0.0914 e. The summed E-state index contributed by atoms with van der Waals surface area (Å²) in [7, 11) is 0. The Labute approximate surface area is 120 Å². The third-order valence-corrected chi connectivity index (χ3v) is 2.97. The van der Waals surface area contributed by atoms with Gasteiger partial charge in [0.25, 0.3) is 0 Å². The van der Waals surface area contributed by atoms with E-state index in [1.807, 2.05) is 30.3 Å². The van der Waals surface area contributed by atoms with Crippen molar-refractivity contribution in [3.05, 3.63) is 71.3 Å². The maximum atomic E-state index is 9.98. The second-order valence-corrected chi connectivity index (χ2v) is 4.54. The fraction of sp³-hybridized carbons (Fsp3) is 0.250. The highest BCUT2D eigenvalue weighted by Crippen LogP contribution is 2.11. The molecule has 0 saturated carbocycles. The second kappa shape index (κ2) is 7.95. The lowest BCUT2D eigenvalue weighted by Crippen LogP contribution is -2.20. The zero-order valence-electron chi connectivity index (χ0n) is 11.0. The third-order valence-electron chi connectivity index (χ3n) is 2.97. The standard InChI is InChI=1S/C16H19NO.ClH/c1-13-7-9-14(10-8-13)11-17-12-16(18)15-5-3-2-4-6-15;/h2-10,16-18H,11-12H2,1H3;1H. The van der Waals surface area contributed by atoms with Crippen molar-refractivity contribution in [2.24, 2.45) is 0 Å². The van der Waals surface area contributed by atoms with Crippen molar-refractivity contribution in [1.82, 2.24) is 5.32 Å². The van der Waals surface area contributed by atoms with Crippen LogP contribution >= 0.6 is 12.4 Å². The van der Waals surface area contributed by atoms with E-state index in [4.69, 9.17) is 0 Å². The van der Waals surface area contributed by atoms with Crippen LogP contribution in [0.5, 0.6) is 0 Å². The zero-order valence-corrected chi connectivity index (χ0v) is 11.9. The van der Waals surface area contributed by atoms with Crippen LogP contribution in [0.15, 0.2) is 54.6 Å². The van der Waals surface area contributed by atoms with Gasteiger partial charge in [-0.05, 0) is 18.1 Å². The van der Waals surface area contributed by atoms with Crippen molar-refractivity contribution in [3.63, 3.8) is 0 Å². The van der Waals surface area contributed by atoms with Crippen molar-refractivity contribution in [2.75, 3.05) is 6.54 Å². The SMILES string of the molecule is Cc1ccc(CNCC(O)c2ccccc2)cc1.Cl. The first-order valence-electron chi connectivity index (χ1n) is 6.25. The molecule has 0 aliphatic rings. The number of aliphatic hydroxyl groups excluding tert-OH is 1. The lowest BCUT2D eigenvalue weighted by Gasteiger charge is -2.12. The fourth-order valence-electron chi connectivity index (χ4n) is 1.85. The number of hydrogen-bond acceptors (Lipinski definition) is 2. The second-order valence-electron chi connectivity index (χ2n) is 4.54. The van der Waals surface area contributed by atoms with E-state index in [9.17, 15) is 5.11 Å². The Morgan fingerprint density at radius 2 is 1.63 bits per heavy atom. The van der Waals surface area contributed by atoms with Crippen LogP contribution in [0.2, 0.25) is 0 Å². The highest BCUT2D eigenvalue weighted by atomic mass is 35.5. The van der Waals surface area contributed by atoms with Crippen molar-refractivity contribution in [1.29, 1.82) is 0 Å². The lowest BCUT2D eigenvalue weighted by atomic mass is 10.1. The average Bonchev–Trinajstić information content (AvgIpc) is 2.42. The summed E-state index contributed by atoms with van der Waals surface area (Å²) in [5, 5.41) is 13.2. The van der Waals surface area contributed by atoms with Gasteiger partial charge in [0.15, 0.2) is 0 Å². The van der Waals surface area contributed by atoms with Gasteiger partial charge < -0.3 is 10.4 Å². The van der Waals surface area contributed by atoms with Crippen molar-refractivity contribution < 1.29 is 5.11 Å². The third kappa shape index (κ3) is 5.03. The van der Waals surface area contributed by atoms with E-state index in [2.05, 4.69) is 36.5 Å². The van der Waals surface area contributed by atoms with Gasteiger partial charge in [0.2, 0.25) is 0 Å². The van der Waals surface area contributed by atoms with E-state index in [1.54, 1.807) is 0 Å². The van der Waals surface area contributed by atoms with Gasteiger partial charge in [-0.3, -0.25) is 0 Å². The predicted molar refractivity (Wildman–Crippen MR) is 81.5 cm³/mol. The zero-order chi connectivity index (χ0) is 12.8. The van der Waals surface area contributed by atoms with Crippen LogP contribution in [-0.4, -0.2) is 11.7 Å². The van der Waals surface area contributed by atoms with Crippen LogP contribution in [0.3, 0.4) is 0 Å². The Morgan fingerprint density at radius 3 is 2.26 bits per heavy atom. The molecule has 2 nitrogen and oxygen atoms in total.